The van der Waals surface area contributed by atoms with Crippen LogP contribution in [-0.2, 0) is 6.42 Å². The Balaban J connectivity index is 2.06. The van der Waals surface area contributed by atoms with E-state index in [0.29, 0.717) is 11.4 Å². The van der Waals surface area contributed by atoms with Crippen LogP contribution < -0.4 is 5.32 Å². The minimum absolute atomic E-state index is 0.0643. The molecule has 0 saturated carbocycles. The third-order valence-corrected chi connectivity index (χ3v) is 4.23. The molecule has 0 atom stereocenters. The van der Waals surface area contributed by atoms with Gasteiger partial charge in [0.15, 0.2) is 0 Å². The lowest BCUT2D eigenvalue weighted by Crippen LogP contribution is -2.19. The lowest BCUT2D eigenvalue weighted by atomic mass is 9.99. The Morgan fingerprint density at radius 3 is 2.61 bits per heavy atom. The highest BCUT2D eigenvalue weighted by molar-refractivity contribution is 6.16. The second kappa shape index (κ2) is 8.35. The number of nitrogens with one attached hydrogen (secondary N) is 1. The Bertz CT molecular complexity index is 1050. The van der Waals surface area contributed by atoms with Gasteiger partial charge in [-0.3, -0.25) is 14.6 Å². The molecule has 2 heterocycles. The first-order valence-electron chi connectivity index (χ1n) is 8.86. The molecular weight excluding hydrogens is 352 g/mol. The van der Waals surface area contributed by atoms with Gasteiger partial charge in [-0.05, 0) is 42.2 Å². The predicted molar refractivity (Wildman–Crippen MR) is 108 cm³/mol. The number of benzene rings is 1. The predicted octanol–water partition coefficient (Wildman–Crippen LogP) is 4.11. The quantitative estimate of drug-likeness (QED) is 0.520. The molecule has 0 aliphatic heterocycles. The number of carbonyl (C=O) groups excluding carboxylic acids is 2. The second-order valence-electron chi connectivity index (χ2n) is 6.33. The maximum absolute atomic E-state index is 12.9. The molecule has 0 fully saturated rings. The van der Waals surface area contributed by atoms with Crippen molar-refractivity contribution in [2.24, 2.45) is 0 Å². The molecule has 0 radical (unpaired) electrons. The Morgan fingerprint density at radius 2 is 1.93 bits per heavy atom. The topological polar surface area (TPSA) is 84.8 Å². The fourth-order valence-electron chi connectivity index (χ4n) is 2.70. The Kier molecular flexibility index (Phi) is 5.69. The summed E-state index contributed by atoms with van der Waals surface area (Å²) in [6, 6.07) is 11.2. The molecule has 0 bridgehead atoms. The van der Waals surface area contributed by atoms with Crippen molar-refractivity contribution < 1.29 is 9.59 Å². The van der Waals surface area contributed by atoms with Crippen LogP contribution in [0.5, 0.6) is 0 Å². The minimum atomic E-state index is -0.468. The summed E-state index contributed by atoms with van der Waals surface area (Å²) in [7, 11) is 0. The normalized spacial score (nSPS) is 10.4. The van der Waals surface area contributed by atoms with Crippen LogP contribution in [-0.4, -0.2) is 26.6 Å². The molecule has 0 aliphatic carbocycles. The number of aryl methyl sites for hydroxylation is 1. The lowest BCUT2D eigenvalue weighted by Gasteiger charge is -2.11. The SMILES string of the molecule is C=C(C)C(=O)c1ncc(-c2cccc(CC)c2)cc1C(=O)Nc1ccncn1. The van der Waals surface area contributed by atoms with Crippen molar-refractivity contribution in [2.45, 2.75) is 20.3 Å². The van der Waals surface area contributed by atoms with Crippen LogP contribution in [0.3, 0.4) is 0 Å². The first-order valence-corrected chi connectivity index (χ1v) is 8.86. The summed E-state index contributed by atoms with van der Waals surface area (Å²) in [4.78, 5) is 37.5. The van der Waals surface area contributed by atoms with E-state index in [1.54, 1.807) is 25.3 Å². The number of hydrogen-bond donors (Lipinski definition) is 1. The van der Waals surface area contributed by atoms with Crippen molar-refractivity contribution in [3.05, 3.63) is 84.1 Å². The van der Waals surface area contributed by atoms with E-state index in [1.807, 2.05) is 24.3 Å². The van der Waals surface area contributed by atoms with E-state index in [0.717, 1.165) is 17.5 Å². The van der Waals surface area contributed by atoms with Crippen LogP contribution in [0, 0.1) is 0 Å². The highest BCUT2D eigenvalue weighted by Crippen LogP contribution is 2.24. The van der Waals surface area contributed by atoms with Crippen LogP contribution in [0.2, 0.25) is 0 Å². The zero-order valence-electron chi connectivity index (χ0n) is 15.8. The molecule has 1 amide bonds. The van der Waals surface area contributed by atoms with Crippen molar-refractivity contribution in [2.75, 3.05) is 5.32 Å². The summed E-state index contributed by atoms with van der Waals surface area (Å²) in [5.41, 5.74) is 3.40. The van der Waals surface area contributed by atoms with E-state index in [2.05, 4.69) is 33.8 Å². The van der Waals surface area contributed by atoms with Gasteiger partial charge in [-0.2, -0.15) is 0 Å². The van der Waals surface area contributed by atoms with Crippen molar-refractivity contribution in [1.29, 1.82) is 0 Å². The lowest BCUT2D eigenvalue weighted by molar-refractivity contribution is 0.0991. The second-order valence-corrected chi connectivity index (χ2v) is 6.33. The van der Waals surface area contributed by atoms with Crippen molar-refractivity contribution >= 4 is 17.5 Å². The number of aromatic nitrogens is 3. The van der Waals surface area contributed by atoms with Crippen LogP contribution in [0.1, 0.15) is 40.3 Å². The zero-order valence-corrected chi connectivity index (χ0v) is 15.8. The maximum Gasteiger partial charge on any atom is 0.259 e. The summed E-state index contributed by atoms with van der Waals surface area (Å²) in [5.74, 6) is -0.502. The average Bonchev–Trinajstić information content (AvgIpc) is 2.73. The first kappa shape index (κ1) is 19.1. The molecule has 0 aliphatic rings. The van der Waals surface area contributed by atoms with Gasteiger partial charge >= 0.3 is 0 Å². The summed E-state index contributed by atoms with van der Waals surface area (Å²) in [6.07, 6.45) is 5.36. The number of carbonyl (C=O) groups is 2. The number of Topliss-reactive ketones (excluding diaryl/α,β-unsaturated/α-hetero) is 1. The van der Waals surface area contributed by atoms with Crippen LogP contribution in [0.4, 0.5) is 5.82 Å². The number of nitrogens with zero attached hydrogens (tertiary/aromatic N) is 3. The van der Waals surface area contributed by atoms with E-state index in [4.69, 9.17) is 0 Å². The standard InChI is InChI=1S/C22H20N4O2/c1-4-15-6-5-7-16(10-15)17-11-18(20(24-12-17)21(27)14(2)3)22(28)26-19-8-9-23-13-25-19/h5-13H,2,4H2,1,3H3,(H,23,25,26,28). The summed E-state index contributed by atoms with van der Waals surface area (Å²) < 4.78 is 0. The Hall–Kier alpha value is -3.67. The molecule has 0 saturated heterocycles. The fourth-order valence-corrected chi connectivity index (χ4v) is 2.70. The van der Waals surface area contributed by atoms with Gasteiger partial charge in [0.25, 0.3) is 5.91 Å². The van der Waals surface area contributed by atoms with Gasteiger partial charge < -0.3 is 5.32 Å². The fraction of sp³-hybridized carbons (Fsp3) is 0.136. The summed E-state index contributed by atoms with van der Waals surface area (Å²) in [6.45, 7) is 7.35. The third-order valence-electron chi connectivity index (χ3n) is 4.23. The molecule has 0 unspecified atom stereocenters. The van der Waals surface area contributed by atoms with Crippen molar-refractivity contribution in [3.63, 3.8) is 0 Å². The van der Waals surface area contributed by atoms with Gasteiger partial charge in [0.05, 0.1) is 5.56 Å². The van der Waals surface area contributed by atoms with Crippen LogP contribution in [0.15, 0.2) is 67.3 Å². The van der Waals surface area contributed by atoms with Gasteiger partial charge in [0.1, 0.15) is 17.8 Å². The zero-order chi connectivity index (χ0) is 20.1. The molecule has 2 aromatic heterocycles. The minimum Gasteiger partial charge on any atom is -0.306 e. The number of ketones is 1. The van der Waals surface area contributed by atoms with Crippen molar-refractivity contribution in [1.82, 2.24) is 15.0 Å². The monoisotopic (exact) mass is 372 g/mol. The molecule has 3 rings (SSSR count). The molecule has 3 aromatic rings. The average molecular weight is 372 g/mol. The smallest absolute Gasteiger partial charge is 0.259 e. The molecule has 1 aromatic carbocycles. The summed E-state index contributed by atoms with van der Waals surface area (Å²) in [5, 5.41) is 2.68. The van der Waals surface area contributed by atoms with E-state index < -0.39 is 5.91 Å². The third kappa shape index (κ3) is 4.17. The number of rotatable bonds is 6. The van der Waals surface area contributed by atoms with Crippen molar-refractivity contribution in [3.8, 4) is 11.1 Å². The summed E-state index contributed by atoms with van der Waals surface area (Å²) >= 11 is 0. The van der Waals surface area contributed by atoms with Gasteiger partial charge in [-0.1, -0.05) is 37.8 Å². The van der Waals surface area contributed by atoms with E-state index in [1.165, 1.54) is 18.1 Å². The molecule has 6 nitrogen and oxygen atoms in total. The Morgan fingerprint density at radius 1 is 1.11 bits per heavy atom. The van der Waals surface area contributed by atoms with Gasteiger partial charge in [0.2, 0.25) is 5.78 Å². The molecule has 0 spiro atoms. The number of allylic oxidation sites excluding steroid dienone is 1. The maximum atomic E-state index is 12.9. The molecular formula is C22H20N4O2. The van der Waals surface area contributed by atoms with Gasteiger partial charge in [-0.25, -0.2) is 9.97 Å². The molecule has 6 heteroatoms. The molecule has 1 N–H and O–H groups in total. The highest BCUT2D eigenvalue weighted by Gasteiger charge is 2.21. The van der Waals surface area contributed by atoms with Crippen LogP contribution >= 0.6 is 0 Å². The van der Waals surface area contributed by atoms with Crippen LogP contribution in [0.25, 0.3) is 11.1 Å². The molecule has 140 valence electrons. The van der Waals surface area contributed by atoms with E-state index in [-0.39, 0.29) is 17.0 Å². The number of anilines is 1. The number of hydrogen-bond acceptors (Lipinski definition) is 5. The van der Waals surface area contributed by atoms with E-state index in [9.17, 15) is 9.59 Å². The number of pyridine rings is 1. The van der Waals surface area contributed by atoms with Gasteiger partial charge in [-0.15, -0.1) is 0 Å². The highest BCUT2D eigenvalue weighted by atomic mass is 16.2. The number of amides is 1. The van der Waals surface area contributed by atoms with E-state index >= 15 is 0 Å². The van der Waals surface area contributed by atoms with Gasteiger partial charge in [0, 0.05) is 18.0 Å². The molecule has 28 heavy (non-hydrogen) atoms. The largest absolute Gasteiger partial charge is 0.306 e. The Labute approximate surface area is 163 Å². The first-order chi connectivity index (χ1) is 13.5.